The predicted molar refractivity (Wildman–Crippen MR) is 85.7 cm³/mol. The first-order chi connectivity index (χ1) is 11.4. The van der Waals surface area contributed by atoms with Crippen molar-refractivity contribution in [2.45, 2.75) is 19.4 Å². The van der Waals surface area contributed by atoms with E-state index >= 15 is 0 Å². The van der Waals surface area contributed by atoms with Gasteiger partial charge in [-0.15, -0.1) is 0 Å². The molecule has 1 unspecified atom stereocenters. The minimum atomic E-state index is -1.18. The van der Waals surface area contributed by atoms with Gasteiger partial charge in [-0.1, -0.05) is 29.8 Å². The van der Waals surface area contributed by atoms with E-state index in [1.54, 1.807) is 24.3 Å². The van der Waals surface area contributed by atoms with Crippen molar-refractivity contribution < 1.29 is 23.1 Å². The maximum atomic E-state index is 13.5. The molecule has 0 aliphatic carbocycles. The van der Waals surface area contributed by atoms with Crippen molar-refractivity contribution in [1.82, 2.24) is 0 Å². The molecule has 7 heteroatoms. The zero-order valence-electron chi connectivity index (χ0n) is 12.7. The van der Waals surface area contributed by atoms with Crippen LogP contribution in [-0.4, -0.2) is 18.0 Å². The Morgan fingerprint density at radius 3 is 2.62 bits per heavy atom. The molecule has 0 spiro atoms. The summed E-state index contributed by atoms with van der Waals surface area (Å²) in [4.78, 5) is 23.8. The van der Waals surface area contributed by atoms with Gasteiger partial charge in [0, 0.05) is 11.1 Å². The van der Waals surface area contributed by atoms with Crippen LogP contribution in [-0.2, 0) is 20.7 Å². The molecule has 0 heterocycles. The molecule has 0 saturated carbocycles. The zero-order valence-corrected chi connectivity index (χ0v) is 13.4. The number of carbonyl (C=O) groups excluding carboxylic acids is 2. The minimum absolute atomic E-state index is 0.106. The number of amides is 1. The number of hydrogen-bond acceptors (Lipinski definition) is 3. The molecule has 24 heavy (non-hydrogen) atoms. The summed E-state index contributed by atoms with van der Waals surface area (Å²) in [6, 6.07) is 9.39. The second-order valence-electron chi connectivity index (χ2n) is 5.01. The summed E-state index contributed by atoms with van der Waals surface area (Å²) in [5, 5.41) is 2.58. The quantitative estimate of drug-likeness (QED) is 0.833. The maximum absolute atomic E-state index is 13.5. The Morgan fingerprint density at radius 2 is 1.92 bits per heavy atom. The van der Waals surface area contributed by atoms with E-state index in [9.17, 15) is 18.4 Å². The van der Waals surface area contributed by atoms with Gasteiger partial charge in [0.15, 0.2) is 6.10 Å². The number of hydrogen-bond donors (Lipinski definition) is 1. The molecule has 0 radical (unpaired) electrons. The Hall–Kier alpha value is -2.47. The van der Waals surface area contributed by atoms with Gasteiger partial charge in [-0.3, -0.25) is 9.59 Å². The van der Waals surface area contributed by atoms with E-state index in [-0.39, 0.29) is 12.1 Å². The molecular formula is C17H14ClF2NO3. The lowest BCUT2D eigenvalue weighted by Gasteiger charge is -2.14. The molecule has 0 fully saturated rings. The lowest BCUT2D eigenvalue weighted by atomic mass is 10.1. The lowest BCUT2D eigenvalue weighted by Crippen LogP contribution is -2.30. The van der Waals surface area contributed by atoms with Crippen LogP contribution in [0.3, 0.4) is 0 Å². The fourth-order valence-corrected chi connectivity index (χ4v) is 2.12. The summed E-state index contributed by atoms with van der Waals surface area (Å²) in [5.74, 6) is -2.92. The summed E-state index contributed by atoms with van der Waals surface area (Å²) < 4.78 is 31.5. The summed E-state index contributed by atoms with van der Waals surface area (Å²) in [6.07, 6.45) is -1.28. The van der Waals surface area contributed by atoms with Crippen LogP contribution < -0.4 is 5.32 Å². The van der Waals surface area contributed by atoms with Crippen LogP contribution in [0.4, 0.5) is 14.5 Å². The van der Waals surface area contributed by atoms with Crippen LogP contribution in [0.2, 0.25) is 5.02 Å². The highest BCUT2D eigenvalue weighted by Gasteiger charge is 2.20. The van der Waals surface area contributed by atoms with Gasteiger partial charge < -0.3 is 10.1 Å². The largest absolute Gasteiger partial charge is 0.452 e. The van der Waals surface area contributed by atoms with Crippen molar-refractivity contribution in [3.8, 4) is 0 Å². The standard InChI is InChI=1S/C17H14ClF2NO3/c1-10(17(23)21-15-9-12(19)6-7-14(15)20)24-16(22)8-11-4-2-3-5-13(11)18/h2-7,9-10H,8H2,1H3,(H,21,23). The van der Waals surface area contributed by atoms with Gasteiger partial charge in [-0.05, 0) is 30.7 Å². The van der Waals surface area contributed by atoms with E-state index in [0.717, 1.165) is 18.2 Å². The number of ether oxygens (including phenoxy) is 1. The SMILES string of the molecule is CC(OC(=O)Cc1ccccc1Cl)C(=O)Nc1cc(F)ccc1F. The van der Waals surface area contributed by atoms with Crippen molar-refractivity contribution in [2.75, 3.05) is 5.32 Å². The first-order valence-corrected chi connectivity index (χ1v) is 7.43. The normalized spacial score (nSPS) is 11.7. The number of halogens is 3. The molecular weight excluding hydrogens is 340 g/mol. The van der Waals surface area contributed by atoms with Crippen molar-refractivity contribution in [1.29, 1.82) is 0 Å². The number of rotatable bonds is 5. The van der Waals surface area contributed by atoms with Crippen LogP contribution in [0.25, 0.3) is 0 Å². The molecule has 2 aromatic carbocycles. The van der Waals surface area contributed by atoms with Crippen molar-refractivity contribution in [3.05, 3.63) is 64.7 Å². The number of anilines is 1. The Morgan fingerprint density at radius 1 is 1.21 bits per heavy atom. The molecule has 4 nitrogen and oxygen atoms in total. The maximum Gasteiger partial charge on any atom is 0.311 e. The van der Waals surface area contributed by atoms with Crippen molar-refractivity contribution in [3.63, 3.8) is 0 Å². The van der Waals surface area contributed by atoms with Crippen LogP contribution in [0.5, 0.6) is 0 Å². The van der Waals surface area contributed by atoms with E-state index in [0.29, 0.717) is 10.6 Å². The monoisotopic (exact) mass is 353 g/mol. The highest BCUT2D eigenvalue weighted by atomic mass is 35.5. The summed E-state index contributed by atoms with van der Waals surface area (Å²) in [5.41, 5.74) is 0.238. The van der Waals surface area contributed by atoms with Gasteiger partial charge in [0.2, 0.25) is 0 Å². The van der Waals surface area contributed by atoms with E-state index < -0.39 is 29.6 Å². The molecule has 0 aromatic heterocycles. The van der Waals surface area contributed by atoms with Gasteiger partial charge in [0.25, 0.3) is 5.91 Å². The first kappa shape index (κ1) is 17.9. The summed E-state index contributed by atoms with van der Waals surface area (Å²) in [7, 11) is 0. The highest BCUT2D eigenvalue weighted by Crippen LogP contribution is 2.17. The Balaban J connectivity index is 1.95. The molecule has 0 aliphatic rings. The lowest BCUT2D eigenvalue weighted by molar-refractivity contribution is -0.152. The fraction of sp³-hybridized carbons (Fsp3) is 0.176. The van der Waals surface area contributed by atoms with Crippen molar-refractivity contribution in [2.24, 2.45) is 0 Å². The van der Waals surface area contributed by atoms with Crippen molar-refractivity contribution >= 4 is 29.2 Å². The van der Waals surface area contributed by atoms with E-state index in [2.05, 4.69) is 5.32 Å². The molecule has 2 aromatic rings. The molecule has 2 rings (SSSR count). The average Bonchev–Trinajstić information content (AvgIpc) is 2.53. The molecule has 1 atom stereocenters. The number of benzene rings is 2. The van der Waals surface area contributed by atoms with Crippen LogP contribution >= 0.6 is 11.6 Å². The topological polar surface area (TPSA) is 55.4 Å². The molecule has 0 aliphatic heterocycles. The molecule has 0 saturated heterocycles. The van der Waals surface area contributed by atoms with E-state index in [4.69, 9.17) is 16.3 Å². The number of carbonyl (C=O) groups is 2. The second-order valence-corrected chi connectivity index (χ2v) is 5.42. The van der Waals surface area contributed by atoms with Crippen LogP contribution in [0, 0.1) is 11.6 Å². The van der Waals surface area contributed by atoms with Gasteiger partial charge in [-0.25, -0.2) is 8.78 Å². The van der Waals surface area contributed by atoms with Gasteiger partial charge in [0.05, 0.1) is 12.1 Å². The third-order valence-electron chi connectivity index (χ3n) is 3.16. The predicted octanol–water partition coefficient (Wildman–Crippen LogP) is 3.73. The van der Waals surface area contributed by atoms with E-state index in [1.165, 1.54) is 6.92 Å². The second kappa shape index (κ2) is 7.88. The molecule has 126 valence electrons. The summed E-state index contributed by atoms with van der Waals surface area (Å²) >= 11 is 5.94. The smallest absolute Gasteiger partial charge is 0.311 e. The van der Waals surface area contributed by atoms with Crippen LogP contribution in [0.1, 0.15) is 12.5 Å². The Labute approximate surface area is 142 Å². The number of esters is 1. The third-order valence-corrected chi connectivity index (χ3v) is 3.53. The zero-order chi connectivity index (χ0) is 17.7. The third kappa shape index (κ3) is 4.76. The van der Waals surface area contributed by atoms with Gasteiger partial charge >= 0.3 is 5.97 Å². The minimum Gasteiger partial charge on any atom is -0.452 e. The fourth-order valence-electron chi connectivity index (χ4n) is 1.92. The first-order valence-electron chi connectivity index (χ1n) is 7.05. The molecule has 0 bridgehead atoms. The molecule has 1 amide bonds. The Kier molecular flexibility index (Phi) is 5.87. The number of nitrogens with one attached hydrogen (secondary N) is 1. The van der Waals surface area contributed by atoms with E-state index in [1.807, 2.05) is 0 Å². The van der Waals surface area contributed by atoms with Gasteiger partial charge in [-0.2, -0.15) is 0 Å². The van der Waals surface area contributed by atoms with Gasteiger partial charge in [0.1, 0.15) is 11.6 Å². The highest BCUT2D eigenvalue weighted by molar-refractivity contribution is 6.31. The summed E-state index contributed by atoms with van der Waals surface area (Å²) in [6.45, 7) is 1.33. The average molecular weight is 354 g/mol. The Bertz CT molecular complexity index is 767. The molecule has 1 N–H and O–H groups in total. The van der Waals surface area contributed by atoms with Crippen LogP contribution in [0.15, 0.2) is 42.5 Å².